The molecule has 2 aliphatic rings. The molecule has 2 aromatic rings. The van der Waals surface area contributed by atoms with E-state index in [0.717, 1.165) is 53.9 Å². The van der Waals surface area contributed by atoms with Gasteiger partial charge in [0.05, 0.1) is 16.9 Å². The van der Waals surface area contributed by atoms with E-state index < -0.39 is 0 Å². The van der Waals surface area contributed by atoms with Gasteiger partial charge in [-0.3, -0.25) is 0 Å². The van der Waals surface area contributed by atoms with Crippen LogP contribution in [-0.2, 0) is 11.3 Å². The van der Waals surface area contributed by atoms with Crippen molar-refractivity contribution in [1.82, 2.24) is 5.32 Å². The van der Waals surface area contributed by atoms with Crippen LogP contribution in [0.1, 0.15) is 18.4 Å². The van der Waals surface area contributed by atoms with Crippen LogP contribution >= 0.6 is 11.6 Å². The van der Waals surface area contributed by atoms with Crippen molar-refractivity contribution in [2.75, 3.05) is 18.5 Å². The van der Waals surface area contributed by atoms with Crippen LogP contribution in [0.25, 0.3) is 0 Å². The molecule has 0 aromatic heterocycles. The van der Waals surface area contributed by atoms with Gasteiger partial charge in [0.1, 0.15) is 5.84 Å². The number of rotatable bonds is 2. The summed E-state index contributed by atoms with van der Waals surface area (Å²) < 4.78 is 5.57. The number of benzene rings is 2. The van der Waals surface area contributed by atoms with E-state index >= 15 is 0 Å². The van der Waals surface area contributed by atoms with Gasteiger partial charge in [-0.2, -0.15) is 0 Å². The molecule has 0 aliphatic carbocycles. The van der Waals surface area contributed by atoms with Gasteiger partial charge in [-0.05, 0) is 29.8 Å². The van der Waals surface area contributed by atoms with Gasteiger partial charge in [-0.25, -0.2) is 4.99 Å². The minimum absolute atomic E-state index is 0.175. The van der Waals surface area contributed by atoms with Crippen LogP contribution in [0.5, 0.6) is 0 Å². The summed E-state index contributed by atoms with van der Waals surface area (Å²) in [6.07, 6.45) is 1.81. The molecule has 2 aromatic carbocycles. The van der Waals surface area contributed by atoms with Gasteiger partial charge in [0.2, 0.25) is 0 Å². The number of aliphatic imine (C=N–C) groups is 1. The van der Waals surface area contributed by atoms with Gasteiger partial charge in [-0.15, -0.1) is 0 Å². The van der Waals surface area contributed by atoms with Gasteiger partial charge < -0.3 is 15.4 Å². The fraction of sp³-hybridized carbons (Fsp3) is 0.316. The quantitative estimate of drug-likeness (QED) is 0.863. The maximum Gasteiger partial charge on any atom is 0.129 e. The van der Waals surface area contributed by atoms with E-state index in [1.165, 1.54) is 0 Å². The molecule has 2 heterocycles. The number of amidine groups is 1. The number of nitrogens with one attached hydrogen (secondary N) is 2. The first-order valence-corrected chi connectivity index (χ1v) is 8.65. The lowest BCUT2D eigenvalue weighted by atomic mass is 9.86. The zero-order chi connectivity index (χ0) is 16.4. The lowest BCUT2D eigenvalue weighted by molar-refractivity contribution is 0.0771. The van der Waals surface area contributed by atoms with Crippen molar-refractivity contribution in [2.24, 2.45) is 4.99 Å². The molecule has 24 heavy (non-hydrogen) atoms. The van der Waals surface area contributed by atoms with Gasteiger partial charge in [0.25, 0.3) is 0 Å². The van der Waals surface area contributed by atoms with E-state index in [9.17, 15) is 0 Å². The van der Waals surface area contributed by atoms with Gasteiger partial charge >= 0.3 is 0 Å². The summed E-state index contributed by atoms with van der Waals surface area (Å²) in [4.78, 5) is 4.91. The maximum atomic E-state index is 6.09. The van der Waals surface area contributed by atoms with Crippen molar-refractivity contribution in [3.63, 3.8) is 0 Å². The first-order valence-electron chi connectivity index (χ1n) is 8.28. The Labute approximate surface area is 146 Å². The second-order valence-electron chi connectivity index (χ2n) is 6.28. The largest absolute Gasteiger partial charge is 0.381 e. The number of ether oxygens (including phenoxy) is 1. The molecule has 2 aliphatic heterocycles. The van der Waals surface area contributed by atoms with Crippen molar-refractivity contribution < 1.29 is 4.74 Å². The molecule has 1 fully saturated rings. The summed E-state index contributed by atoms with van der Waals surface area (Å²) in [6, 6.07) is 16.1. The first kappa shape index (κ1) is 15.5. The van der Waals surface area contributed by atoms with Gasteiger partial charge in [-0.1, -0.05) is 35.9 Å². The van der Waals surface area contributed by atoms with Crippen molar-refractivity contribution in [1.29, 1.82) is 0 Å². The van der Waals surface area contributed by atoms with Crippen LogP contribution in [-0.4, -0.2) is 24.6 Å². The predicted molar refractivity (Wildman–Crippen MR) is 98.2 cm³/mol. The van der Waals surface area contributed by atoms with Crippen LogP contribution in [0.3, 0.4) is 0 Å². The number of para-hydroxylation sites is 2. The molecule has 0 bridgehead atoms. The molecule has 0 saturated carbocycles. The Kier molecular flexibility index (Phi) is 4.17. The molecule has 0 radical (unpaired) electrons. The van der Waals surface area contributed by atoms with Crippen molar-refractivity contribution in [2.45, 2.75) is 24.9 Å². The highest BCUT2D eigenvalue weighted by atomic mass is 35.5. The predicted octanol–water partition coefficient (Wildman–Crippen LogP) is 4.13. The fourth-order valence-electron chi connectivity index (χ4n) is 3.34. The molecule has 124 valence electrons. The third kappa shape index (κ3) is 2.99. The minimum Gasteiger partial charge on any atom is -0.381 e. The summed E-state index contributed by atoms with van der Waals surface area (Å²) in [5.74, 6) is 0.990. The Morgan fingerprint density at radius 3 is 2.79 bits per heavy atom. The number of fused-ring (bicyclic) bond motifs is 1. The number of hydrogen-bond donors (Lipinski definition) is 2. The van der Waals surface area contributed by atoms with E-state index in [4.69, 9.17) is 21.3 Å². The number of hydrogen-bond acceptors (Lipinski definition) is 4. The van der Waals surface area contributed by atoms with E-state index in [2.05, 4.69) is 22.8 Å². The molecular weight excluding hydrogens is 322 g/mol. The normalized spacial score (nSPS) is 18.5. The average Bonchev–Trinajstić information content (AvgIpc) is 2.61. The lowest BCUT2D eigenvalue weighted by Gasteiger charge is -2.42. The molecule has 4 rings (SSSR count). The standard InChI is InChI=1S/C19H20ClN3O/c20-15-5-3-4-14(12-15)13-21-18-19(8-10-24-11-9-19)23-17-7-2-1-6-16(17)22-18/h1-7,12,23H,8-11,13H2,(H,21,22). The summed E-state index contributed by atoms with van der Waals surface area (Å²) in [6.45, 7) is 2.19. The average molecular weight is 342 g/mol. The Balaban J connectivity index is 1.63. The van der Waals surface area contributed by atoms with Crippen molar-refractivity contribution in [3.8, 4) is 0 Å². The second-order valence-corrected chi connectivity index (χ2v) is 6.72. The summed E-state index contributed by atoms with van der Waals surface area (Å²) >= 11 is 6.09. The van der Waals surface area contributed by atoms with Crippen LogP contribution < -0.4 is 10.6 Å². The second kappa shape index (κ2) is 6.46. The van der Waals surface area contributed by atoms with Crippen LogP contribution in [0.4, 0.5) is 11.4 Å². The molecule has 0 amide bonds. The minimum atomic E-state index is -0.175. The monoisotopic (exact) mass is 341 g/mol. The third-order valence-electron chi connectivity index (χ3n) is 4.66. The smallest absolute Gasteiger partial charge is 0.129 e. The molecule has 5 heteroatoms. The number of nitrogens with zero attached hydrogens (tertiary/aromatic N) is 1. The van der Waals surface area contributed by atoms with E-state index in [1.54, 1.807) is 0 Å². The molecular formula is C19H20ClN3O. The van der Waals surface area contributed by atoms with E-state index in [-0.39, 0.29) is 5.54 Å². The molecule has 0 atom stereocenters. The zero-order valence-corrected chi connectivity index (χ0v) is 14.1. The maximum absolute atomic E-state index is 6.09. The van der Waals surface area contributed by atoms with E-state index in [0.29, 0.717) is 6.54 Å². The highest BCUT2D eigenvalue weighted by Crippen LogP contribution is 2.37. The Morgan fingerprint density at radius 1 is 1.12 bits per heavy atom. The first-order chi connectivity index (χ1) is 11.8. The zero-order valence-electron chi connectivity index (χ0n) is 13.4. The Bertz CT molecular complexity index is 769. The fourth-order valence-corrected chi connectivity index (χ4v) is 3.56. The van der Waals surface area contributed by atoms with Crippen molar-refractivity contribution in [3.05, 3.63) is 59.1 Å². The molecule has 1 saturated heterocycles. The topological polar surface area (TPSA) is 45.7 Å². The summed E-state index contributed by atoms with van der Waals surface area (Å²) in [7, 11) is 0. The lowest BCUT2D eigenvalue weighted by Crippen LogP contribution is -2.56. The summed E-state index contributed by atoms with van der Waals surface area (Å²) in [5, 5.41) is 8.00. The molecule has 0 unspecified atom stereocenters. The molecule has 4 nitrogen and oxygen atoms in total. The number of halogens is 1. The highest BCUT2D eigenvalue weighted by molar-refractivity contribution is 6.30. The Hall–Kier alpha value is -2.04. The van der Waals surface area contributed by atoms with Crippen molar-refractivity contribution >= 4 is 28.8 Å². The van der Waals surface area contributed by atoms with Gasteiger partial charge in [0.15, 0.2) is 0 Å². The van der Waals surface area contributed by atoms with Gasteiger partial charge in [0, 0.05) is 37.6 Å². The Morgan fingerprint density at radius 2 is 1.96 bits per heavy atom. The highest BCUT2D eigenvalue weighted by Gasteiger charge is 2.40. The summed E-state index contributed by atoms with van der Waals surface area (Å²) in [5.41, 5.74) is 3.03. The third-order valence-corrected chi connectivity index (χ3v) is 4.89. The number of anilines is 1. The van der Waals surface area contributed by atoms with Crippen LogP contribution in [0.15, 0.2) is 53.5 Å². The van der Waals surface area contributed by atoms with Crippen LogP contribution in [0.2, 0.25) is 5.02 Å². The molecule has 1 spiro atoms. The van der Waals surface area contributed by atoms with E-state index in [1.807, 2.05) is 36.4 Å². The SMILES string of the molecule is Clc1cccc(CNC2=Nc3ccccc3NC23CCOCC3)c1. The molecule has 2 N–H and O–H groups in total. The van der Waals surface area contributed by atoms with Crippen LogP contribution in [0, 0.1) is 0 Å².